The molecule has 3 saturated carbocycles. The first-order chi connectivity index (χ1) is 15.2. The van der Waals surface area contributed by atoms with Crippen LogP contribution in [0.2, 0.25) is 0 Å². The summed E-state index contributed by atoms with van der Waals surface area (Å²) in [7, 11) is 0. The number of hydrogen-bond donors (Lipinski definition) is 2. The van der Waals surface area contributed by atoms with E-state index in [0.29, 0.717) is 40.6 Å². The number of hydrogen-bond acceptors (Lipinski definition) is 3. The Morgan fingerprint density at radius 3 is 2.56 bits per heavy atom. The van der Waals surface area contributed by atoms with Crippen LogP contribution in [0.4, 0.5) is 0 Å². The first-order valence-electron chi connectivity index (χ1n) is 13.4. The van der Waals surface area contributed by atoms with Crippen molar-refractivity contribution in [3.63, 3.8) is 0 Å². The molecule has 5 rings (SSSR count). The van der Waals surface area contributed by atoms with E-state index in [9.17, 15) is 15.0 Å². The molecule has 32 heavy (non-hydrogen) atoms. The zero-order valence-electron chi connectivity index (χ0n) is 20.7. The highest BCUT2D eigenvalue weighted by Crippen LogP contribution is 2.67. The zero-order chi connectivity index (χ0) is 22.8. The monoisotopic (exact) mass is 440 g/mol. The van der Waals surface area contributed by atoms with E-state index in [4.69, 9.17) is 0 Å². The molecule has 3 fully saturated rings. The summed E-state index contributed by atoms with van der Waals surface area (Å²) < 4.78 is 0. The van der Waals surface area contributed by atoms with Crippen LogP contribution >= 0.6 is 0 Å². The Bertz CT molecular complexity index is 839. The van der Waals surface area contributed by atoms with Gasteiger partial charge in [0.1, 0.15) is 0 Å². The van der Waals surface area contributed by atoms with Gasteiger partial charge in [-0.3, -0.25) is 4.79 Å². The quantitative estimate of drug-likeness (QED) is 0.541. The summed E-state index contributed by atoms with van der Waals surface area (Å²) in [4.78, 5) is 12.7. The second-order valence-electron chi connectivity index (χ2n) is 12.8. The van der Waals surface area contributed by atoms with E-state index < -0.39 is 0 Å². The first kappa shape index (κ1) is 22.8. The van der Waals surface area contributed by atoms with Gasteiger partial charge in [0.2, 0.25) is 0 Å². The summed E-state index contributed by atoms with van der Waals surface area (Å²) >= 11 is 0. The van der Waals surface area contributed by atoms with Gasteiger partial charge in [-0.2, -0.15) is 0 Å². The summed E-state index contributed by atoms with van der Waals surface area (Å²) in [6.45, 7) is 9.51. The fraction of sp³-hybridized carbons (Fsp3) is 0.828. The molecule has 0 amide bonds. The lowest BCUT2D eigenvalue weighted by Crippen LogP contribution is -2.51. The Hall–Kier alpha value is -0.930. The fourth-order valence-corrected chi connectivity index (χ4v) is 9.66. The Labute approximate surface area is 194 Å². The average molecular weight is 441 g/mol. The van der Waals surface area contributed by atoms with Gasteiger partial charge in [-0.15, -0.1) is 0 Å². The molecule has 2 N–H and O–H groups in total. The van der Waals surface area contributed by atoms with Gasteiger partial charge in [0.05, 0.1) is 12.7 Å². The summed E-state index contributed by atoms with van der Waals surface area (Å²) in [5, 5.41) is 19.9. The van der Waals surface area contributed by atoms with Gasteiger partial charge in [-0.1, -0.05) is 38.0 Å². The van der Waals surface area contributed by atoms with Crippen molar-refractivity contribution in [1.29, 1.82) is 0 Å². The molecular weight excluding hydrogens is 396 g/mol. The molecule has 0 radical (unpaired) electrons. The van der Waals surface area contributed by atoms with Gasteiger partial charge in [0.15, 0.2) is 5.78 Å². The molecule has 0 saturated heterocycles. The highest BCUT2D eigenvalue weighted by Gasteiger charge is 2.59. The number of fused-ring (bicyclic) bond motifs is 5. The van der Waals surface area contributed by atoms with Crippen LogP contribution in [0.3, 0.4) is 0 Å². The predicted octanol–water partition coefficient (Wildman–Crippen LogP) is 5.85. The van der Waals surface area contributed by atoms with Gasteiger partial charge in [0.25, 0.3) is 0 Å². The SMILES string of the molecule is CC1=C(CO)C(=O)C[C@H]([C@@H](C)[C@H]2CC[C@H]3[C@@H]4CC=C5C[C@@H](O)CC[C@]5(C)[C@H]4CC[C@]23C)C1. The van der Waals surface area contributed by atoms with E-state index in [1.165, 1.54) is 32.1 Å². The van der Waals surface area contributed by atoms with Crippen LogP contribution in [0.25, 0.3) is 0 Å². The van der Waals surface area contributed by atoms with E-state index in [2.05, 4.69) is 33.8 Å². The average Bonchev–Trinajstić information content (AvgIpc) is 3.10. The number of rotatable bonds is 3. The Balaban J connectivity index is 1.37. The first-order valence-corrected chi connectivity index (χ1v) is 13.4. The molecule has 178 valence electrons. The van der Waals surface area contributed by atoms with Gasteiger partial charge in [-0.25, -0.2) is 0 Å². The molecule has 9 atom stereocenters. The summed E-state index contributed by atoms with van der Waals surface area (Å²) in [5.74, 6) is 4.29. The third-order valence-electron chi connectivity index (χ3n) is 11.6. The maximum atomic E-state index is 12.7. The number of ketones is 1. The predicted molar refractivity (Wildman–Crippen MR) is 128 cm³/mol. The summed E-state index contributed by atoms with van der Waals surface area (Å²) in [6, 6.07) is 0. The molecular formula is C29H44O3. The highest BCUT2D eigenvalue weighted by molar-refractivity contribution is 5.97. The van der Waals surface area contributed by atoms with E-state index in [-0.39, 0.29) is 18.5 Å². The molecule has 5 aliphatic rings. The Morgan fingerprint density at radius 2 is 1.84 bits per heavy atom. The van der Waals surface area contributed by atoms with Crippen molar-refractivity contribution in [2.75, 3.05) is 6.61 Å². The van der Waals surface area contributed by atoms with E-state index in [1.807, 2.05) is 0 Å². The third kappa shape index (κ3) is 3.32. The van der Waals surface area contributed by atoms with Gasteiger partial charge < -0.3 is 10.2 Å². The molecule has 0 aliphatic heterocycles. The Kier molecular flexibility index (Phi) is 5.77. The lowest BCUT2D eigenvalue weighted by Gasteiger charge is -2.58. The van der Waals surface area contributed by atoms with E-state index >= 15 is 0 Å². The smallest absolute Gasteiger partial charge is 0.161 e. The minimum Gasteiger partial charge on any atom is -0.393 e. The standard InChI is InChI=1S/C29H44O3/c1-17-13-19(14-27(32)23(17)16-30)18(2)24-7-8-25-22-6-5-20-15-21(31)9-11-28(20,3)26(22)10-12-29(24,25)4/h5,18-19,21-22,24-26,30-31H,6-16H2,1-4H3/t18-,19-,21+,22+,24-,25+,26+,28+,29-/m1/s1. The van der Waals surface area contributed by atoms with Crippen molar-refractivity contribution in [3.8, 4) is 0 Å². The van der Waals surface area contributed by atoms with Crippen molar-refractivity contribution in [2.45, 2.75) is 98.0 Å². The lowest BCUT2D eigenvalue weighted by molar-refractivity contribution is -0.118. The molecule has 0 spiro atoms. The second kappa shape index (κ2) is 8.08. The molecule has 0 unspecified atom stereocenters. The zero-order valence-corrected chi connectivity index (χ0v) is 20.7. The van der Waals surface area contributed by atoms with Crippen molar-refractivity contribution >= 4 is 5.78 Å². The molecule has 3 heteroatoms. The van der Waals surface area contributed by atoms with Crippen LogP contribution in [0.1, 0.15) is 91.9 Å². The minimum atomic E-state index is -0.126. The van der Waals surface area contributed by atoms with Crippen LogP contribution in [-0.2, 0) is 4.79 Å². The minimum absolute atomic E-state index is 0.0939. The highest BCUT2D eigenvalue weighted by atomic mass is 16.3. The van der Waals surface area contributed by atoms with Crippen LogP contribution < -0.4 is 0 Å². The van der Waals surface area contributed by atoms with Crippen molar-refractivity contribution < 1.29 is 15.0 Å². The molecule has 0 aromatic heterocycles. The molecule has 0 bridgehead atoms. The van der Waals surface area contributed by atoms with Crippen LogP contribution in [-0.4, -0.2) is 28.7 Å². The van der Waals surface area contributed by atoms with Gasteiger partial charge in [0, 0.05) is 12.0 Å². The van der Waals surface area contributed by atoms with Crippen molar-refractivity contribution in [1.82, 2.24) is 0 Å². The molecule has 5 aliphatic carbocycles. The molecule has 0 heterocycles. The fourth-order valence-electron chi connectivity index (χ4n) is 9.66. The number of carbonyl (C=O) groups is 1. The third-order valence-corrected chi connectivity index (χ3v) is 11.6. The number of Topliss-reactive ketones (excluding diaryl/α,β-unsaturated/α-hetero) is 1. The normalized spacial score (nSPS) is 47.4. The van der Waals surface area contributed by atoms with Crippen LogP contribution in [0.15, 0.2) is 22.8 Å². The van der Waals surface area contributed by atoms with Crippen molar-refractivity contribution in [2.24, 2.45) is 46.3 Å². The number of carbonyl (C=O) groups excluding carboxylic acids is 1. The lowest BCUT2D eigenvalue weighted by atomic mass is 9.46. The second-order valence-corrected chi connectivity index (χ2v) is 12.8. The number of aliphatic hydroxyl groups is 2. The Morgan fingerprint density at radius 1 is 1.06 bits per heavy atom. The topological polar surface area (TPSA) is 57.5 Å². The van der Waals surface area contributed by atoms with Crippen LogP contribution in [0.5, 0.6) is 0 Å². The largest absolute Gasteiger partial charge is 0.393 e. The molecule has 3 nitrogen and oxygen atoms in total. The van der Waals surface area contributed by atoms with Gasteiger partial charge >= 0.3 is 0 Å². The van der Waals surface area contributed by atoms with E-state index in [0.717, 1.165) is 49.0 Å². The summed E-state index contributed by atoms with van der Waals surface area (Å²) in [5.41, 5.74) is 4.08. The molecule has 0 aromatic carbocycles. The number of aliphatic hydroxyl groups excluding tert-OH is 2. The maximum Gasteiger partial charge on any atom is 0.161 e. The van der Waals surface area contributed by atoms with Crippen LogP contribution in [0, 0.1) is 46.3 Å². The van der Waals surface area contributed by atoms with Crippen molar-refractivity contribution in [3.05, 3.63) is 22.8 Å². The maximum absolute atomic E-state index is 12.7. The van der Waals surface area contributed by atoms with Gasteiger partial charge in [-0.05, 0) is 111 Å². The number of allylic oxidation sites excluding steroid dienone is 2. The molecule has 0 aromatic rings. The van der Waals surface area contributed by atoms with E-state index in [1.54, 1.807) is 5.57 Å². The summed E-state index contributed by atoms with van der Waals surface area (Å²) in [6.07, 6.45) is 13.6.